The lowest BCUT2D eigenvalue weighted by atomic mass is 10.2. The number of hydrogen-bond acceptors (Lipinski definition) is 3. The first-order chi connectivity index (χ1) is 13.2. The average molecular weight is 420 g/mol. The van der Waals surface area contributed by atoms with Crippen LogP contribution in [-0.2, 0) is 13.6 Å². The summed E-state index contributed by atoms with van der Waals surface area (Å²) in [4.78, 5) is 30.7. The summed E-state index contributed by atoms with van der Waals surface area (Å²) >= 11 is 12.0. The minimum Gasteiger partial charge on any atom is -0.312 e. The van der Waals surface area contributed by atoms with Crippen molar-refractivity contribution in [2.75, 3.05) is 0 Å². The lowest BCUT2D eigenvalue weighted by molar-refractivity contribution is 0.601. The molecular weight excluding hydrogens is 401 g/mol. The highest BCUT2D eigenvalue weighted by Crippen LogP contribution is 2.23. The van der Waals surface area contributed by atoms with Gasteiger partial charge in [-0.05, 0) is 38.5 Å². The molecule has 4 rings (SSSR count). The van der Waals surface area contributed by atoms with Gasteiger partial charge in [-0.1, -0.05) is 29.3 Å². The smallest absolute Gasteiger partial charge is 0.312 e. The van der Waals surface area contributed by atoms with Crippen molar-refractivity contribution in [3.05, 3.63) is 66.5 Å². The Hall–Kier alpha value is -2.51. The standard InChI is InChI=1S/C19H19Cl2N5O2/c1-10(2)26-11(3)8-24-15-16(22-18(24)26)23(4)19(28)25(17(15)27)9-12-5-6-13(20)14(21)7-12/h5-8,10H,9H2,1-4H3. The summed E-state index contributed by atoms with van der Waals surface area (Å²) in [7, 11) is 1.62. The molecule has 3 aromatic heterocycles. The second kappa shape index (κ2) is 6.53. The summed E-state index contributed by atoms with van der Waals surface area (Å²) in [6, 6.07) is 5.22. The van der Waals surface area contributed by atoms with Crippen LogP contribution >= 0.6 is 23.2 Å². The lowest BCUT2D eigenvalue weighted by Crippen LogP contribution is -2.39. The molecule has 1 aromatic carbocycles. The molecule has 7 nitrogen and oxygen atoms in total. The van der Waals surface area contributed by atoms with Crippen molar-refractivity contribution in [1.82, 2.24) is 23.1 Å². The number of benzene rings is 1. The molecule has 0 amide bonds. The van der Waals surface area contributed by atoms with Gasteiger partial charge in [0.25, 0.3) is 5.56 Å². The Morgan fingerprint density at radius 1 is 1.14 bits per heavy atom. The van der Waals surface area contributed by atoms with Crippen LogP contribution in [0.2, 0.25) is 10.0 Å². The first kappa shape index (κ1) is 18.8. The lowest BCUT2D eigenvalue weighted by Gasteiger charge is -2.09. The number of halogens is 2. The van der Waals surface area contributed by atoms with E-state index in [4.69, 9.17) is 23.2 Å². The number of nitrogens with zero attached hydrogens (tertiary/aromatic N) is 5. The quantitative estimate of drug-likeness (QED) is 0.510. The molecule has 0 bridgehead atoms. The van der Waals surface area contributed by atoms with Gasteiger partial charge in [-0.3, -0.25) is 18.3 Å². The first-order valence-electron chi connectivity index (χ1n) is 8.84. The fourth-order valence-electron chi connectivity index (χ4n) is 3.63. The molecule has 0 aliphatic heterocycles. The molecule has 0 saturated heterocycles. The molecule has 0 unspecified atom stereocenters. The summed E-state index contributed by atoms with van der Waals surface area (Å²) in [5, 5.41) is 0.797. The topological polar surface area (TPSA) is 66.2 Å². The summed E-state index contributed by atoms with van der Waals surface area (Å²) in [5.74, 6) is 0.641. The van der Waals surface area contributed by atoms with Gasteiger partial charge in [-0.2, -0.15) is 4.98 Å². The minimum atomic E-state index is -0.433. The van der Waals surface area contributed by atoms with E-state index in [1.807, 2.05) is 31.5 Å². The summed E-state index contributed by atoms with van der Waals surface area (Å²) < 4.78 is 6.39. The Morgan fingerprint density at radius 2 is 1.86 bits per heavy atom. The van der Waals surface area contributed by atoms with Crippen LogP contribution in [0.5, 0.6) is 0 Å². The molecule has 0 saturated carbocycles. The van der Waals surface area contributed by atoms with Gasteiger partial charge in [-0.15, -0.1) is 0 Å². The highest BCUT2D eigenvalue weighted by atomic mass is 35.5. The largest absolute Gasteiger partial charge is 0.332 e. The zero-order valence-electron chi connectivity index (χ0n) is 15.9. The van der Waals surface area contributed by atoms with E-state index in [9.17, 15) is 9.59 Å². The van der Waals surface area contributed by atoms with E-state index < -0.39 is 11.2 Å². The zero-order valence-corrected chi connectivity index (χ0v) is 17.4. The van der Waals surface area contributed by atoms with E-state index in [-0.39, 0.29) is 12.6 Å². The molecule has 28 heavy (non-hydrogen) atoms. The number of fused-ring (bicyclic) bond motifs is 3. The maximum atomic E-state index is 13.2. The Labute approximate surface area is 170 Å². The van der Waals surface area contributed by atoms with E-state index in [0.29, 0.717) is 32.6 Å². The summed E-state index contributed by atoms with van der Waals surface area (Å²) in [6.07, 6.45) is 1.88. The molecule has 0 radical (unpaired) electrons. The van der Waals surface area contributed by atoms with E-state index in [0.717, 1.165) is 5.69 Å². The van der Waals surface area contributed by atoms with Gasteiger partial charge in [0.15, 0.2) is 11.2 Å². The van der Waals surface area contributed by atoms with Crippen LogP contribution < -0.4 is 11.2 Å². The summed E-state index contributed by atoms with van der Waals surface area (Å²) in [5.41, 5.74) is 1.62. The molecule has 146 valence electrons. The van der Waals surface area contributed by atoms with Crippen LogP contribution in [0.25, 0.3) is 16.9 Å². The molecule has 0 aliphatic rings. The highest BCUT2D eigenvalue weighted by molar-refractivity contribution is 6.42. The van der Waals surface area contributed by atoms with Crippen LogP contribution in [0.4, 0.5) is 0 Å². The van der Waals surface area contributed by atoms with Crippen LogP contribution in [0, 0.1) is 6.92 Å². The van der Waals surface area contributed by atoms with Gasteiger partial charge < -0.3 is 4.57 Å². The Kier molecular flexibility index (Phi) is 4.39. The van der Waals surface area contributed by atoms with Crippen LogP contribution in [0.15, 0.2) is 34.0 Å². The summed E-state index contributed by atoms with van der Waals surface area (Å²) in [6.45, 7) is 6.16. The van der Waals surface area contributed by atoms with E-state index in [2.05, 4.69) is 4.98 Å². The van der Waals surface area contributed by atoms with Crippen molar-refractivity contribution in [2.24, 2.45) is 7.05 Å². The molecule has 3 heterocycles. The number of imidazole rings is 2. The molecule has 0 fully saturated rings. The predicted molar refractivity (Wildman–Crippen MR) is 111 cm³/mol. The van der Waals surface area contributed by atoms with Crippen LogP contribution in [-0.4, -0.2) is 23.1 Å². The predicted octanol–water partition coefficient (Wildman–Crippen LogP) is 3.39. The first-order valence-corrected chi connectivity index (χ1v) is 9.59. The second-order valence-corrected chi connectivity index (χ2v) is 7.98. The molecule has 9 heteroatoms. The van der Waals surface area contributed by atoms with Gasteiger partial charge in [-0.25, -0.2) is 4.79 Å². The van der Waals surface area contributed by atoms with Crippen molar-refractivity contribution in [2.45, 2.75) is 33.4 Å². The molecule has 0 N–H and O–H groups in total. The monoisotopic (exact) mass is 419 g/mol. The Bertz CT molecular complexity index is 1360. The van der Waals surface area contributed by atoms with Crippen molar-refractivity contribution < 1.29 is 0 Å². The third-order valence-corrected chi connectivity index (χ3v) is 5.65. The van der Waals surface area contributed by atoms with E-state index in [1.54, 1.807) is 29.6 Å². The Morgan fingerprint density at radius 3 is 2.50 bits per heavy atom. The van der Waals surface area contributed by atoms with Gasteiger partial charge in [0.1, 0.15) is 0 Å². The zero-order chi connectivity index (χ0) is 20.3. The van der Waals surface area contributed by atoms with Crippen LogP contribution in [0.3, 0.4) is 0 Å². The molecule has 0 aliphatic carbocycles. The van der Waals surface area contributed by atoms with Crippen LogP contribution in [0.1, 0.15) is 31.1 Å². The van der Waals surface area contributed by atoms with E-state index in [1.165, 1.54) is 9.13 Å². The van der Waals surface area contributed by atoms with Crippen molar-refractivity contribution >= 4 is 40.1 Å². The minimum absolute atomic E-state index is 0.0927. The molecule has 4 aromatic rings. The Balaban J connectivity index is 2.01. The van der Waals surface area contributed by atoms with Crippen molar-refractivity contribution in [3.8, 4) is 0 Å². The van der Waals surface area contributed by atoms with Crippen molar-refractivity contribution in [1.29, 1.82) is 0 Å². The normalized spacial score (nSPS) is 12.0. The fraction of sp³-hybridized carbons (Fsp3) is 0.316. The average Bonchev–Trinajstić information content (AvgIpc) is 3.14. The van der Waals surface area contributed by atoms with Gasteiger partial charge in [0.2, 0.25) is 5.78 Å². The fourth-order valence-corrected chi connectivity index (χ4v) is 3.95. The highest BCUT2D eigenvalue weighted by Gasteiger charge is 2.21. The maximum Gasteiger partial charge on any atom is 0.332 e. The number of rotatable bonds is 3. The molecular formula is C19H19Cl2N5O2. The third kappa shape index (κ3) is 2.69. The van der Waals surface area contributed by atoms with Gasteiger partial charge in [0.05, 0.1) is 16.6 Å². The molecule has 0 atom stereocenters. The molecule has 0 spiro atoms. The van der Waals surface area contributed by atoms with Gasteiger partial charge in [0, 0.05) is 25.0 Å². The van der Waals surface area contributed by atoms with E-state index >= 15 is 0 Å². The van der Waals surface area contributed by atoms with Crippen molar-refractivity contribution in [3.63, 3.8) is 0 Å². The number of aromatic nitrogens is 5. The number of hydrogen-bond donors (Lipinski definition) is 0. The SMILES string of the molecule is Cc1cn2c3c(=O)n(Cc4ccc(Cl)c(Cl)c4)c(=O)n(C)c3nc2n1C(C)C. The number of aryl methyl sites for hydroxylation is 2. The van der Waals surface area contributed by atoms with Gasteiger partial charge >= 0.3 is 5.69 Å². The third-order valence-electron chi connectivity index (χ3n) is 4.91. The maximum absolute atomic E-state index is 13.2. The second-order valence-electron chi connectivity index (χ2n) is 7.17.